The van der Waals surface area contributed by atoms with E-state index in [9.17, 15) is 4.39 Å². The van der Waals surface area contributed by atoms with E-state index in [1.54, 1.807) is 12.1 Å². The number of aliphatic hydroxyl groups excluding tert-OH is 1. The van der Waals surface area contributed by atoms with Crippen molar-refractivity contribution in [3.63, 3.8) is 0 Å². The lowest BCUT2D eigenvalue weighted by atomic mass is 10.1. The van der Waals surface area contributed by atoms with Gasteiger partial charge in [0.05, 0.1) is 13.2 Å². The molecule has 2 N–H and O–H groups in total. The number of halogens is 1. The summed E-state index contributed by atoms with van der Waals surface area (Å²) >= 11 is 0. The van der Waals surface area contributed by atoms with Crippen molar-refractivity contribution in [2.45, 2.75) is 19.9 Å². The van der Waals surface area contributed by atoms with Gasteiger partial charge in [0.2, 0.25) is 0 Å². The lowest BCUT2D eigenvalue weighted by Gasteiger charge is -2.08. The standard InChI is InChI=1S/C13H20FNO2/c1-11-3-4-13(14)9-12(11)10-15-5-2-7-17-8-6-16/h3-4,9,15-16H,2,5-8,10H2,1H3. The van der Waals surface area contributed by atoms with Crippen LogP contribution in [0.4, 0.5) is 4.39 Å². The highest BCUT2D eigenvalue weighted by Crippen LogP contribution is 2.09. The van der Waals surface area contributed by atoms with E-state index in [1.807, 2.05) is 6.92 Å². The van der Waals surface area contributed by atoms with Crippen molar-refractivity contribution in [1.82, 2.24) is 5.32 Å². The summed E-state index contributed by atoms with van der Waals surface area (Å²) in [4.78, 5) is 0. The van der Waals surface area contributed by atoms with Crippen molar-refractivity contribution >= 4 is 0 Å². The van der Waals surface area contributed by atoms with E-state index in [4.69, 9.17) is 9.84 Å². The highest BCUT2D eigenvalue weighted by atomic mass is 19.1. The minimum Gasteiger partial charge on any atom is -0.394 e. The molecule has 0 spiro atoms. The normalized spacial score (nSPS) is 10.8. The first-order valence-corrected chi connectivity index (χ1v) is 5.88. The molecule has 0 radical (unpaired) electrons. The molecule has 17 heavy (non-hydrogen) atoms. The summed E-state index contributed by atoms with van der Waals surface area (Å²) in [6.07, 6.45) is 0.883. The highest BCUT2D eigenvalue weighted by Gasteiger charge is 1.99. The molecule has 0 aliphatic carbocycles. The average molecular weight is 241 g/mol. The van der Waals surface area contributed by atoms with Crippen LogP contribution in [0.1, 0.15) is 17.5 Å². The number of rotatable bonds is 8. The fraction of sp³-hybridized carbons (Fsp3) is 0.538. The molecule has 1 aromatic carbocycles. The monoisotopic (exact) mass is 241 g/mol. The number of ether oxygens (including phenoxy) is 1. The summed E-state index contributed by atoms with van der Waals surface area (Å²) < 4.78 is 18.1. The molecule has 0 aromatic heterocycles. The van der Waals surface area contributed by atoms with Crippen LogP contribution in [0, 0.1) is 12.7 Å². The van der Waals surface area contributed by atoms with Crippen molar-refractivity contribution in [3.05, 3.63) is 35.1 Å². The second-order valence-electron chi connectivity index (χ2n) is 3.94. The van der Waals surface area contributed by atoms with Crippen molar-refractivity contribution in [2.75, 3.05) is 26.4 Å². The van der Waals surface area contributed by atoms with Gasteiger partial charge in [-0.3, -0.25) is 0 Å². The first-order valence-electron chi connectivity index (χ1n) is 5.88. The molecular weight excluding hydrogens is 221 g/mol. The van der Waals surface area contributed by atoms with Gasteiger partial charge in [-0.2, -0.15) is 0 Å². The molecule has 0 atom stereocenters. The van der Waals surface area contributed by atoms with Gasteiger partial charge in [0, 0.05) is 13.2 Å². The smallest absolute Gasteiger partial charge is 0.123 e. The minimum atomic E-state index is -0.196. The summed E-state index contributed by atoms with van der Waals surface area (Å²) in [6.45, 7) is 4.56. The second kappa shape index (κ2) is 8.17. The summed E-state index contributed by atoms with van der Waals surface area (Å²) in [5.41, 5.74) is 2.08. The number of benzene rings is 1. The lowest BCUT2D eigenvalue weighted by molar-refractivity contribution is 0.0907. The Morgan fingerprint density at radius 1 is 1.35 bits per heavy atom. The van der Waals surface area contributed by atoms with Crippen LogP contribution in [0.25, 0.3) is 0 Å². The molecule has 0 heterocycles. The molecule has 0 fully saturated rings. The van der Waals surface area contributed by atoms with E-state index in [-0.39, 0.29) is 12.4 Å². The first-order chi connectivity index (χ1) is 8.24. The molecular formula is C13H20FNO2. The Morgan fingerprint density at radius 2 is 2.18 bits per heavy atom. The Morgan fingerprint density at radius 3 is 2.94 bits per heavy atom. The van der Waals surface area contributed by atoms with Crippen molar-refractivity contribution in [2.24, 2.45) is 0 Å². The van der Waals surface area contributed by atoms with Gasteiger partial charge >= 0.3 is 0 Å². The van der Waals surface area contributed by atoms with Crippen LogP contribution in [0.15, 0.2) is 18.2 Å². The van der Waals surface area contributed by atoms with Crippen LogP contribution in [-0.4, -0.2) is 31.5 Å². The number of aliphatic hydroxyl groups is 1. The third kappa shape index (κ3) is 5.77. The van der Waals surface area contributed by atoms with Crippen LogP contribution in [-0.2, 0) is 11.3 Å². The zero-order chi connectivity index (χ0) is 12.5. The topological polar surface area (TPSA) is 41.5 Å². The fourth-order valence-corrected chi connectivity index (χ4v) is 1.52. The number of nitrogens with one attached hydrogen (secondary N) is 1. The lowest BCUT2D eigenvalue weighted by Crippen LogP contribution is -2.17. The number of hydrogen-bond acceptors (Lipinski definition) is 3. The molecule has 1 rings (SSSR count). The Bertz CT molecular complexity index is 331. The Labute approximate surface area is 102 Å². The molecule has 0 bridgehead atoms. The summed E-state index contributed by atoms with van der Waals surface area (Å²) in [6, 6.07) is 4.82. The van der Waals surface area contributed by atoms with Gasteiger partial charge in [0.15, 0.2) is 0 Å². The van der Waals surface area contributed by atoms with E-state index in [2.05, 4.69) is 5.32 Å². The molecule has 1 aromatic rings. The largest absolute Gasteiger partial charge is 0.394 e. The molecule has 0 unspecified atom stereocenters. The maximum absolute atomic E-state index is 13.0. The summed E-state index contributed by atoms with van der Waals surface area (Å²) in [7, 11) is 0. The van der Waals surface area contributed by atoms with Crippen LogP contribution < -0.4 is 5.32 Å². The van der Waals surface area contributed by atoms with E-state index < -0.39 is 0 Å². The van der Waals surface area contributed by atoms with Gasteiger partial charge in [0.1, 0.15) is 5.82 Å². The second-order valence-corrected chi connectivity index (χ2v) is 3.94. The molecule has 4 heteroatoms. The first kappa shape index (κ1) is 14.1. The summed E-state index contributed by atoms with van der Waals surface area (Å²) in [5.74, 6) is -0.196. The zero-order valence-corrected chi connectivity index (χ0v) is 10.2. The van der Waals surface area contributed by atoms with E-state index in [0.29, 0.717) is 19.8 Å². The van der Waals surface area contributed by atoms with Crippen LogP contribution >= 0.6 is 0 Å². The van der Waals surface area contributed by atoms with Crippen molar-refractivity contribution in [1.29, 1.82) is 0 Å². The molecule has 0 amide bonds. The van der Waals surface area contributed by atoms with Gasteiger partial charge in [-0.1, -0.05) is 6.07 Å². The molecule has 0 aliphatic heterocycles. The maximum Gasteiger partial charge on any atom is 0.123 e. The van der Waals surface area contributed by atoms with Crippen molar-refractivity contribution in [3.8, 4) is 0 Å². The predicted octanol–water partition coefficient (Wildman–Crippen LogP) is 1.62. The van der Waals surface area contributed by atoms with Crippen LogP contribution in [0.3, 0.4) is 0 Å². The number of aryl methyl sites for hydroxylation is 1. The van der Waals surface area contributed by atoms with E-state index in [0.717, 1.165) is 24.1 Å². The van der Waals surface area contributed by atoms with Crippen LogP contribution in [0.5, 0.6) is 0 Å². The van der Waals surface area contributed by atoms with Gasteiger partial charge in [0.25, 0.3) is 0 Å². The van der Waals surface area contributed by atoms with Gasteiger partial charge in [-0.25, -0.2) is 4.39 Å². The van der Waals surface area contributed by atoms with Gasteiger partial charge < -0.3 is 15.2 Å². The highest BCUT2D eigenvalue weighted by molar-refractivity contribution is 5.26. The third-order valence-corrected chi connectivity index (χ3v) is 2.50. The fourth-order valence-electron chi connectivity index (χ4n) is 1.52. The van der Waals surface area contributed by atoms with Gasteiger partial charge in [-0.15, -0.1) is 0 Å². The Balaban J connectivity index is 2.15. The summed E-state index contributed by atoms with van der Waals surface area (Å²) in [5, 5.41) is 11.7. The SMILES string of the molecule is Cc1ccc(F)cc1CNCCCOCCO. The Kier molecular flexibility index (Phi) is 6.77. The maximum atomic E-state index is 13.0. The zero-order valence-electron chi connectivity index (χ0n) is 10.2. The van der Waals surface area contributed by atoms with E-state index in [1.165, 1.54) is 6.07 Å². The molecule has 96 valence electrons. The van der Waals surface area contributed by atoms with Crippen molar-refractivity contribution < 1.29 is 14.2 Å². The Hall–Kier alpha value is -0.970. The third-order valence-electron chi connectivity index (χ3n) is 2.50. The quantitative estimate of drug-likeness (QED) is 0.680. The molecule has 0 aliphatic rings. The molecule has 0 saturated heterocycles. The predicted molar refractivity (Wildman–Crippen MR) is 65.4 cm³/mol. The van der Waals surface area contributed by atoms with Crippen LogP contribution in [0.2, 0.25) is 0 Å². The van der Waals surface area contributed by atoms with Gasteiger partial charge in [-0.05, 0) is 43.1 Å². The number of hydrogen-bond donors (Lipinski definition) is 2. The minimum absolute atomic E-state index is 0.0654. The molecule has 3 nitrogen and oxygen atoms in total. The molecule has 0 saturated carbocycles. The average Bonchev–Trinajstić information content (AvgIpc) is 2.32. The van der Waals surface area contributed by atoms with E-state index >= 15 is 0 Å².